The number of ether oxygens (including phenoxy) is 1. The van der Waals surface area contributed by atoms with E-state index >= 15 is 0 Å². The molecule has 7 heteroatoms. The highest BCUT2D eigenvalue weighted by Gasteiger charge is 2.50. The molecule has 0 heterocycles. The molecule has 0 aliphatic rings. The van der Waals surface area contributed by atoms with Crippen LogP contribution in [0.1, 0.15) is 45.1 Å². The molecule has 0 bridgehead atoms. The van der Waals surface area contributed by atoms with Gasteiger partial charge in [0, 0.05) is 13.5 Å². The van der Waals surface area contributed by atoms with E-state index in [9.17, 15) is 17.2 Å². The Morgan fingerprint density at radius 3 is 2.12 bits per heavy atom. The zero-order chi connectivity index (χ0) is 19.1. The number of hydrogen-bond donors (Lipinski definition) is 0. The minimum Gasteiger partial charge on any atom is -0.384 e. The Hall–Kier alpha value is -1.05. The fraction of sp³-hybridized carbons (Fsp3) is 0.667. The fourth-order valence-electron chi connectivity index (χ4n) is 2.85. The smallest absolute Gasteiger partial charge is 0.296 e. The van der Waals surface area contributed by atoms with Crippen LogP contribution in [0, 0.1) is 12.3 Å². The van der Waals surface area contributed by atoms with Gasteiger partial charge in [-0.1, -0.05) is 31.5 Å². The van der Waals surface area contributed by atoms with Gasteiger partial charge in [-0.2, -0.15) is 8.42 Å². The summed E-state index contributed by atoms with van der Waals surface area (Å²) in [5.74, 6) is -2.95. The molecule has 0 atom stereocenters. The first-order valence-electron chi connectivity index (χ1n) is 8.47. The van der Waals surface area contributed by atoms with E-state index in [1.54, 1.807) is 26.0 Å². The van der Waals surface area contributed by atoms with Gasteiger partial charge in [0.25, 0.3) is 16.0 Å². The van der Waals surface area contributed by atoms with E-state index in [1.807, 2.05) is 6.92 Å². The Balaban J connectivity index is 2.65. The Labute approximate surface area is 149 Å². The van der Waals surface area contributed by atoms with Crippen LogP contribution in [0.25, 0.3) is 0 Å². The molecule has 0 fully saturated rings. The number of benzene rings is 1. The van der Waals surface area contributed by atoms with Crippen molar-refractivity contribution >= 4 is 10.1 Å². The van der Waals surface area contributed by atoms with Crippen LogP contribution in [0.2, 0.25) is 0 Å². The number of halogens is 2. The van der Waals surface area contributed by atoms with Crippen LogP contribution in [-0.2, 0) is 19.0 Å². The first kappa shape index (κ1) is 22.0. The molecule has 0 unspecified atom stereocenters. The first-order chi connectivity index (χ1) is 11.6. The van der Waals surface area contributed by atoms with Crippen molar-refractivity contribution in [2.24, 2.45) is 5.41 Å². The minimum absolute atomic E-state index is 0.0284. The molecule has 0 aliphatic heterocycles. The van der Waals surface area contributed by atoms with Gasteiger partial charge >= 0.3 is 0 Å². The molecule has 0 N–H and O–H groups in total. The summed E-state index contributed by atoms with van der Waals surface area (Å²) in [5.41, 5.74) is -0.315. The summed E-state index contributed by atoms with van der Waals surface area (Å²) in [5, 5.41) is 0. The van der Waals surface area contributed by atoms with Crippen LogP contribution in [0.3, 0.4) is 0 Å². The predicted octanol–water partition coefficient (Wildman–Crippen LogP) is 4.57. The largest absolute Gasteiger partial charge is 0.384 e. The Bertz CT molecular complexity index is 623. The van der Waals surface area contributed by atoms with Crippen molar-refractivity contribution in [1.82, 2.24) is 0 Å². The van der Waals surface area contributed by atoms with Gasteiger partial charge < -0.3 is 4.74 Å². The molecule has 1 aromatic carbocycles. The maximum absolute atomic E-state index is 14.6. The van der Waals surface area contributed by atoms with Crippen LogP contribution >= 0.6 is 0 Å². The van der Waals surface area contributed by atoms with Crippen molar-refractivity contribution < 1.29 is 26.1 Å². The van der Waals surface area contributed by atoms with Crippen LogP contribution in [0.15, 0.2) is 29.2 Å². The fourth-order valence-corrected chi connectivity index (χ4v) is 3.80. The van der Waals surface area contributed by atoms with Gasteiger partial charge in [-0.05, 0) is 38.3 Å². The lowest BCUT2D eigenvalue weighted by Gasteiger charge is -2.38. The molecule has 1 aromatic rings. The molecule has 0 spiro atoms. The average Bonchev–Trinajstić information content (AvgIpc) is 2.57. The Morgan fingerprint density at radius 2 is 1.64 bits per heavy atom. The molecule has 4 nitrogen and oxygen atoms in total. The monoisotopic (exact) mass is 378 g/mol. The van der Waals surface area contributed by atoms with E-state index < -0.39 is 27.9 Å². The molecular formula is C18H28F2O4S. The highest BCUT2D eigenvalue weighted by atomic mass is 32.2. The molecule has 25 heavy (non-hydrogen) atoms. The topological polar surface area (TPSA) is 52.6 Å². The predicted molar refractivity (Wildman–Crippen MR) is 93.4 cm³/mol. The maximum atomic E-state index is 14.6. The zero-order valence-electron chi connectivity index (χ0n) is 15.3. The summed E-state index contributed by atoms with van der Waals surface area (Å²) >= 11 is 0. The lowest BCUT2D eigenvalue weighted by atomic mass is 9.75. The Morgan fingerprint density at radius 1 is 1.08 bits per heavy atom. The molecule has 144 valence electrons. The summed E-state index contributed by atoms with van der Waals surface area (Å²) in [4.78, 5) is 0.0284. The lowest BCUT2D eigenvalue weighted by Crippen LogP contribution is -2.44. The van der Waals surface area contributed by atoms with Crippen molar-refractivity contribution in [2.45, 2.75) is 57.3 Å². The van der Waals surface area contributed by atoms with Crippen LogP contribution in [0.4, 0.5) is 8.78 Å². The van der Waals surface area contributed by atoms with Crippen molar-refractivity contribution in [2.75, 3.05) is 20.3 Å². The number of alkyl halides is 2. The molecule has 0 aliphatic carbocycles. The van der Waals surface area contributed by atoms with E-state index in [2.05, 4.69) is 0 Å². The van der Waals surface area contributed by atoms with Crippen molar-refractivity contribution in [1.29, 1.82) is 0 Å². The highest BCUT2D eigenvalue weighted by Crippen LogP contribution is 2.45. The van der Waals surface area contributed by atoms with Gasteiger partial charge in [-0.3, -0.25) is 4.18 Å². The standard InChI is InChI=1S/C18H28F2O4S/c1-5-17(6-2,14-23-4)18(19,20)12-7-13-24-25(21,22)16-10-8-15(3)9-11-16/h8-11H,5-7,12-14H2,1-4H3. The van der Waals surface area contributed by atoms with E-state index in [4.69, 9.17) is 8.92 Å². The van der Waals surface area contributed by atoms with Crippen molar-refractivity contribution in [3.05, 3.63) is 29.8 Å². The number of hydrogen-bond acceptors (Lipinski definition) is 4. The van der Waals surface area contributed by atoms with Crippen LogP contribution in [-0.4, -0.2) is 34.7 Å². The lowest BCUT2D eigenvalue weighted by molar-refractivity contribution is -0.158. The molecule has 0 saturated heterocycles. The second kappa shape index (κ2) is 9.05. The Kier molecular flexibility index (Phi) is 7.96. The summed E-state index contributed by atoms with van der Waals surface area (Å²) in [7, 11) is -2.51. The van der Waals surface area contributed by atoms with Crippen molar-refractivity contribution in [3.8, 4) is 0 Å². The maximum Gasteiger partial charge on any atom is 0.296 e. The molecule has 0 aromatic heterocycles. The summed E-state index contributed by atoms with van der Waals surface area (Å²) in [6.45, 7) is 4.97. The quantitative estimate of drug-likeness (QED) is 0.418. The van der Waals surface area contributed by atoms with Crippen LogP contribution in [0.5, 0.6) is 0 Å². The SMILES string of the molecule is CCC(CC)(COC)C(F)(F)CCCOS(=O)(=O)c1ccc(C)cc1. The summed E-state index contributed by atoms with van der Waals surface area (Å²) in [6.07, 6.45) is 0.0741. The van der Waals surface area contributed by atoms with Gasteiger partial charge in [-0.15, -0.1) is 0 Å². The summed E-state index contributed by atoms with van der Waals surface area (Å²) in [6, 6.07) is 6.20. The van der Waals surface area contributed by atoms with E-state index in [0.29, 0.717) is 0 Å². The van der Waals surface area contributed by atoms with Crippen LogP contribution < -0.4 is 0 Å². The summed E-state index contributed by atoms with van der Waals surface area (Å²) < 4.78 is 63.3. The number of methoxy groups -OCH3 is 1. The average molecular weight is 378 g/mol. The van der Waals surface area contributed by atoms with Gasteiger partial charge in [0.05, 0.1) is 23.5 Å². The number of aryl methyl sites for hydroxylation is 1. The van der Waals surface area contributed by atoms with Gasteiger partial charge in [-0.25, -0.2) is 8.78 Å². The minimum atomic E-state index is -3.92. The molecule has 0 amide bonds. The third-order valence-electron chi connectivity index (χ3n) is 4.73. The van der Waals surface area contributed by atoms with Gasteiger partial charge in [0.2, 0.25) is 0 Å². The van der Waals surface area contributed by atoms with E-state index in [1.165, 1.54) is 19.2 Å². The third-order valence-corrected chi connectivity index (χ3v) is 6.06. The van der Waals surface area contributed by atoms with Gasteiger partial charge in [0.15, 0.2) is 0 Å². The van der Waals surface area contributed by atoms with Crippen molar-refractivity contribution in [3.63, 3.8) is 0 Å². The molecular weight excluding hydrogens is 350 g/mol. The molecule has 0 radical (unpaired) electrons. The zero-order valence-corrected chi connectivity index (χ0v) is 16.2. The van der Waals surface area contributed by atoms with E-state index in [0.717, 1.165) is 5.56 Å². The first-order valence-corrected chi connectivity index (χ1v) is 9.88. The normalized spacial score (nSPS) is 13.2. The van der Waals surface area contributed by atoms with Gasteiger partial charge in [0.1, 0.15) is 0 Å². The second-order valence-corrected chi connectivity index (χ2v) is 7.93. The van der Waals surface area contributed by atoms with E-state index in [-0.39, 0.29) is 37.4 Å². The second-order valence-electron chi connectivity index (χ2n) is 6.32. The molecule has 1 rings (SSSR count). The highest BCUT2D eigenvalue weighted by molar-refractivity contribution is 7.86. The number of rotatable bonds is 11. The third kappa shape index (κ3) is 5.46. The molecule has 0 saturated carbocycles.